The van der Waals surface area contributed by atoms with Crippen LogP contribution >= 0.6 is 0 Å². The molecule has 0 bridgehead atoms. The van der Waals surface area contributed by atoms with Gasteiger partial charge in [-0.2, -0.15) is 0 Å². The second-order valence-corrected chi connectivity index (χ2v) is 7.13. The molecule has 0 radical (unpaired) electrons. The maximum atomic E-state index is 12.8. The molecule has 0 saturated carbocycles. The smallest absolute Gasteiger partial charge is 0.254 e. The lowest BCUT2D eigenvalue weighted by Crippen LogP contribution is -2.40. The molecule has 1 aromatic carbocycles. The molecule has 1 atom stereocenters. The summed E-state index contributed by atoms with van der Waals surface area (Å²) in [5.41, 5.74) is 3.36. The third-order valence-corrected chi connectivity index (χ3v) is 4.60. The van der Waals surface area contributed by atoms with Crippen LogP contribution in [-0.2, 0) is 12.0 Å². The molecule has 0 N–H and O–H groups in total. The van der Waals surface area contributed by atoms with Gasteiger partial charge in [0.2, 0.25) is 0 Å². The molecule has 22 heavy (non-hydrogen) atoms. The summed E-state index contributed by atoms with van der Waals surface area (Å²) in [4.78, 5) is 14.8. The normalized spacial score (nSPS) is 18.2. The van der Waals surface area contributed by atoms with E-state index in [9.17, 15) is 4.79 Å². The lowest BCUT2D eigenvalue weighted by Gasteiger charge is -2.35. The van der Waals surface area contributed by atoms with E-state index in [0.29, 0.717) is 0 Å². The predicted octanol–water partition coefficient (Wildman–Crippen LogP) is 4.00. The van der Waals surface area contributed by atoms with E-state index in [-0.39, 0.29) is 17.4 Å². The highest BCUT2D eigenvalue weighted by Crippen LogP contribution is 2.28. The van der Waals surface area contributed by atoms with Gasteiger partial charge in [0, 0.05) is 30.5 Å². The highest BCUT2D eigenvalue weighted by atomic mass is 16.2. The van der Waals surface area contributed by atoms with Crippen LogP contribution in [0, 0.1) is 0 Å². The second-order valence-electron chi connectivity index (χ2n) is 7.13. The third-order valence-electron chi connectivity index (χ3n) is 4.60. The number of amides is 1. The molecule has 0 unspecified atom stereocenters. The number of carbonyl (C=O) groups excluding carboxylic acids is 1. The van der Waals surface area contributed by atoms with Crippen molar-refractivity contribution < 1.29 is 4.79 Å². The molecule has 3 rings (SSSR count). The van der Waals surface area contributed by atoms with E-state index >= 15 is 0 Å². The Morgan fingerprint density at radius 1 is 1.09 bits per heavy atom. The summed E-state index contributed by atoms with van der Waals surface area (Å²) in [6.07, 6.45) is 2.09. The van der Waals surface area contributed by atoms with Gasteiger partial charge in [-0.05, 0) is 42.2 Å². The number of aromatic nitrogens is 1. The topological polar surface area (TPSA) is 25.2 Å². The molecule has 116 valence electrons. The molecule has 1 amide bonds. The molecule has 0 aliphatic carbocycles. The summed E-state index contributed by atoms with van der Waals surface area (Å²) in [5.74, 6) is 0.125. The first-order chi connectivity index (χ1) is 10.4. The monoisotopic (exact) mass is 296 g/mol. The number of hydrogen-bond donors (Lipinski definition) is 0. The first-order valence-electron chi connectivity index (χ1n) is 7.94. The Hall–Kier alpha value is -2.03. The van der Waals surface area contributed by atoms with Gasteiger partial charge in [0.25, 0.3) is 5.91 Å². The van der Waals surface area contributed by atoms with E-state index in [1.54, 1.807) is 0 Å². The summed E-state index contributed by atoms with van der Waals surface area (Å²) >= 11 is 0. The van der Waals surface area contributed by atoms with Crippen molar-refractivity contribution in [1.29, 1.82) is 0 Å². The number of carbonyl (C=O) groups is 1. The predicted molar refractivity (Wildman–Crippen MR) is 89.0 cm³/mol. The Morgan fingerprint density at radius 2 is 1.77 bits per heavy atom. The Morgan fingerprint density at radius 3 is 2.41 bits per heavy atom. The van der Waals surface area contributed by atoms with Crippen molar-refractivity contribution in [3.8, 4) is 0 Å². The summed E-state index contributed by atoms with van der Waals surface area (Å²) in [6, 6.07) is 12.4. The molecule has 1 aliphatic heterocycles. The summed E-state index contributed by atoms with van der Waals surface area (Å²) in [7, 11) is 0. The van der Waals surface area contributed by atoms with Gasteiger partial charge in [0.05, 0.1) is 6.04 Å². The molecule has 0 fully saturated rings. The summed E-state index contributed by atoms with van der Waals surface area (Å²) < 4.78 is 2.23. The quantitative estimate of drug-likeness (QED) is 0.780. The van der Waals surface area contributed by atoms with E-state index in [4.69, 9.17) is 0 Å². The standard InChI is InChI=1S/C19H24N2O/c1-14-17-6-5-11-20(17)12-13-21(14)18(22)15-7-9-16(10-8-15)19(2,3)4/h5-11,14H,12-13H2,1-4H3/t14-/m0/s1. The average molecular weight is 296 g/mol. The molecule has 3 nitrogen and oxygen atoms in total. The van der Waals surface area contributed by atoms with Gasteiger partial charge < -0.3 is 9.47 Å². The van der Waals surface area contributed by atoms with Crippen LogP contribution in [-0.4, -0.2) is 21.9 Å². The maximum absolute atomic E-state index is 12.8. The van der Waals surface area contributed by atoms with E-state index in [2.05, 4.69) is 62.7 Å². The van der Waals surface area contributed by atoms with E-state index in [0.717, 1.165) is 18.7 Å². The zero-order valence-electron chi connectivity index (χ0n) is 13.8. The largest absolute Gasteiger partial charge is 0.348 e. The molecule has 2 aromatic rings. The molecule has 1 aromatic heterocycles. The van der Waals surface area contributed by atoms with Crippen molar-refractivity contribution >= 4 is 5.91 Å². The van der Waals surface area contributed by atoms with Crippen LogP contribution in [0.1, 0.15) is 55.4 Å². The number of nitrogens with zero attached hydrogens (tertiary/aromatic N) is 2. The van der Waals surface area contributed by atoms with Gasteiger partial charge in [-0.15, -0.1) is 0 Å². The van der Waals surface area contributed by atoms with Crippen molar-refractivity contribution in [3.05, 3.63) is 59.4 Å². The van der Waals surface area contributed by atoms with E-state index in [1.165, 1.54) is 11.3 Å². The average Bonchev–Trinajstić information content (AvgIpc) is 2.96. The third kappa shape index (κ3) is 2.56. The fraction of sp³-hybridized carbons (Fsp3) is 0.421. The van der Waals surface area contributed by atoms with E-state index < -0.39 is 0 Å². The highest BCUT2D eigenvalue weighted by Gasteiger charge is 2.28. The lowest BCUT2D eigenvalue weighted by molar-refractivity contribution is 0.0644. The molecule has 2 heterocycles. The molecule has 0 spiro atoms. The zero-order valence-corrected chi connectivity index (χ0v) is 13.8. The number of fused-ring (bicyclic) bond motifs is 1. The second kappa shape index (κ2) is 5.31. The van der Waals surface area contributed by atoms with Gasteiger partial charge in [0.1, 0.15) is 0 Å². The minimum absolute atomic E-state index is 0.112. The van der Waals surface area contributed by atoms with Gasteiger partial charge in [-0.1, -0.05) is 32.9 Å². The minimum Gasteiger partial charge on any atom is -0.348 e. The summed E-state index contributed by atoms with van der Waals surface area (Å²) in [5, 5.41) is 0. The van der Waals surface area contributed by atoms with Crippen molar-refractivity contribution in [2.45, 2.75) is 45.7 Å². The molecular weight excluding hydrogens is 272 g/mol. The van der Waals surface area contributed by atoms with Crippen LogP contribution in [0.3, 0.4) is 0 Å². The Balaban J connectivity index is 1.83. The van der Waals surface area contributed by atoms with E-state index in [1.807, 2.05) is 17.0 Å². The SMILES string of the molecule is C[C@H]1c2cccn2CCN1C(=O)c1ccc(C(C)(C)C)cc1. The highest BCUT2D eigenvalue weighted by molar-refractivity contribution is 5.94. The fourth-order valence-corrected chi connectivity index (χ4v) is 3.14. The van der Waals surface area contributed by atoms with Crippen molar-refractivity contribution in [2.24, 2.45) is 0 Å². The van der Waals surface area contributed by atoms with Crippen LogP contribution in [0.25, 0.3) is 0 Å². The van der Waals surface area contributed by atoms with Gasteiger partial charge in [-0.25, -0.2) is 0 Å². The van der Waals surface area contributed by atoms with Gasteiger partial charge in [-0.3, -0.25) is 4.79 Å². The molecule has 1 aliphatic rings. The Bertz CT molecular complexity index is 676. The Kier molecular flexibility index (Phi) is 3.59. The van der Waals surface area contributed by atoms with Crippen molar-refractivity contribution in [3.63, 3.8) is 0 Å². The summed E-state index contributed by atoms with van der Waals surface area (Å²) in [6.45, 7) is 10.3. The first-order valence-corrected chi connectivity index (χ1v) is 7.94. The van der Waals surface area contributed by atoms with Crippen molar-refractivity contribution in [2.75, 3.05) is 6.54 Å². The molecule has 3 heteroatoms. The minimum atomic E-state index is 0.112. The first kappa shape index (κ1) is 14.9. The van der Waals surface area contributed by atoms with Crippen LogP contribution in [0.2, 0.25) is 0 Å². The van der Waals surface area contributed by atoms with Gasteiger partial charge >= 0.3 is 0 Å². The molecular formula is C19H24N2O. The van der Waals surface area contributed by atoms with Crippen LogP contribution in [0.4, 0.5) is 0 Å². The number of rotatable bonds is 1. The van der Waals surface area contributed by atoms with Crippen LogP contribution in [0.5, 0.6) is 0 Å². The Labute approximate surface area is 132 Å². The van der Waals surface area contributed by atoms with Crippen LogP contribution < -0.4 is 0 Å². The number of hydrogen-bond acceptors (Lipinski definition) is 1. The zero-order chi connectivity index (χ0) is 15.9. The maximum Gasteiger partial charge on any atom is 0.254 e. The van der Waals surface area contributed by atoms with Crippen molar-refractivity contribution in [1.82, 2.24) is 9.47 Å². The van der Waals surface area contributed by atoms with Gasteiger partial charge in [0.15, 0.2) is 0 Å². The number of benzene rings is 1. The lowest BCUT2D eigenvalue weighted by atomic mass is 9.86. The van der Waals surface area contributed by atoms with Crippen LogP contribution in [0.15, 0.2) is 42.6 Å². The molecule has 0 saturated heterocycles. The fourth-order valence-electron chi connectivity index (χ4n) is 3.14.